The second-order valence-corrected chi connectivity index (χ2v) is 4.43. The van der Waals surface area contributed by atoms with Crippen LogP contribution in [-0.4, -0.2) is 16.9 Å². The molecule has 3 rings (SSSR count). The Morgan fingerprint density at radius 3 is 2.60 bits per heavy atom. The molecule has 2 heterocycles. The Hall–Kier alpha value is -2.75. The van der Waals surface area contributed by atoms with Crippen molar-refractivity contribution in [1.82, 2.24) is 4.98 Å². The number of benzene rings is 1. The zero-order valence-electron chi connectivity index (χ0n) is 10.9. The number of ether oxygens (including phenoxy) is 1. The van der Waals surface area contributed by atoms with E-state index >= 15 is 0 Å². The number of cyclic esters (lactones) is 1. The quantitative estimate of drug-likeness (QED) is 0.619. The Balaban J connectivity index is 1.98. The zero-order valence-corrected chi connectivity index (χ0v) is 10.9. The van der Waals surface area contributed by atoms with E-state index in [9.17, 15) is 4.79 Å². The largest absolute Gasteiger partial charge is 0.402 e. The van der Waals surface area contributed by atoms with Crippen molar-refractivity contribution in [3.63, 3.8) is 0 Å². The number of nitrogens with zero attached hydrogens (tertiary/aromatic N) is 2. The first-order chi connectivity index (χ1) is 9.74. The molecule has 1 aliphatic rings. The lowest BCUT2D eigenvalue weighted by atomic mass is 10.1. The monoisotopic (exact) mass is 264 g/mol. The van der Waals surface area contributed by atoms with Gasteiger partial charge in [0, 0.05) is 18.0 Å². The molecule has 4 heteroatoms. The maximum absolute atomic E-state index is 11.9. The van der Waals surface area contributed by atoms with E-state index in [1.165, 1.54) is 0 Å². The summed E-state index contributed by atoms with van der Waals surface area (Å²) < 4.78 is 5.24. The third kappa shape index (κ3) is 2.36. The van der Waals surface area contributed by atoms with Gasteiger partial charge in [0.25, 0.3) is 0 Å². The molecule has 0 saturated carbocycles. The Morgan fingerprint density at radius 2 is 1.85 bits per heavy atom. The zero-order chi connectivity index (χ0) is 13.9. The van der Waals surface area contributed by atoms with Crippen LogP contribution in [0.15, 0.2) is 59.5 Å². The fourth-order valence-corrected chi connectivity index (χ4v) is 1.95. The lowest BCUT2D eigenvalue weighted by molar-refractivity contribution is -0.129. The van der Waals surface area contributed by atoms with E-state index in [-0.39, 0.29) is 0 Å². The maximum atomic E-state index is 11.9. The van der Waals surface area contributed by atoms with Crippen LogP contribution in [0.5, 0.6) is 0 Å². The van der Waals surface area contributed by atoms with Gasteiger partial charge in [-0.3, -0.25) is 4.98 Å². The van der Waals surface area contributed by atoms with Gasteiger partial charge in [0.2, 0.25) is 5.90 Å². The van der Waals surface area contributed by atoms with Gasteiger partial charge < -0.3 is 4.74 Å². The number of rotatable bonds is 2. The molecular weight excluding hydrogens is 252 g/mol. The molecule has 0 bridgehead atoms. The molecular formula is C16H12N2O2. The molecule has 4 nitrogen and oxygen atoms in total. The van der Waals surface area contributed by atoms with Crippen molar-refractivity contribution in [3.8, 4) is 0 Å². The maximum Gasteiger partial charge on any atom is 0.363 e. The van der Waals surface area contributed by atoms with Crippen LogP contribution in [0.25, 0.3) is 6.08 Å². The molecule has 2 aromatic rings. The summed E-state index contributed by atoms with van der Waals surface area (Å²) in [6, 6.07) is 11.3. The van der Waals surface area contributed by atoms with Gasteiger partial charge >= 0.3 is 5.97 Å². The number of aliphatic imine (C=N–C) groups is 1. The summed E-state index contributed by atoms with van der Waals surface area (Å²) in [5.74, 6) is -0.0755. The van der Waals surface area contributed by atoms with E-state index in [0.717, 1.165) is 16.7 Å². The van der Waals surface area contributed by atoms with Gasteiger partial charge in [0.05, 0.1) is 0 Å². The number of carbonyl (C=O) groups is 1. The lowest BCUT2D eigenvalue weighted by Crippen LogP contribution is -2.06. The summed E-state index contributed by atoms with van der Waals surface area (Å²) in [6.45, 7) is 1.95. The lowest BCUT2D eigenvalue weighted by Gasteiger charge is -2.02. The van der Waals surface area contributed by atoms with Gasteiger partial charge in [-0.1, -0.05) is 18.2 Å². The summed E-state index contributed by atoms with van der Waals surface area (Å²) in [6.07, 6.45) is 5.02. The van der Waals surface area contributed by atoms with Crippen LogP contribution in [0.3, 0.4) is 0 Å². The minimum absolute atomic E-state index is 0.300. The smallest absolute Gasteiger partial charge is 0.363 e. The first-order valence-electron chi connectivity index (χ1n) is 6.22. The predicted octanol–water partition coefficient (Wildman–Crippen LogP) is 2.73. The SMILES string of the molecule is Cc1ccccc1C1=N/C(=C\c2ccncc2)C(=O)O1. The van der Waals surface area contributed by atoms with Crippen LogP contribution in [0.1, 0.15) is 16.7 Å². The highest BCUT2D eigenvalue weighted by molar-refractivity contribution is 6.13. The summed E-state index contributed by atoms with van der Waals surface area (Å²) in [7, 11) is 0. The molecule has 20 heavy (non-hydrogen) atoms. The minimum Gasteiger partial charge on any atom is -0.402 e. The first kappa shape index (κ1) is 12.3. The third-order valence-corrected chi connectivity index (χ3v) is 3.01. The standard InChI is InChI=1S/C16H12N2O2/c1-11-4-2-3-5-13(11)15-18-14(16(19)20-15)10-12-6-8-17-9-7-12/h2-10H,1H3/b14-10-. The fraction of sp³-hybridized carbons (Fsp3) is 0.0625. The van der Waals surface area contributed by atoms with Crippen molar-refractivity contribution in [1.29, 1.82) is 0 Å². The molecule has 0 fully saturated rings. The van der Waals surface area contributed by atoms with E-state index in [2.05, 4.69) is 9.98 Å². The van der Waals surface area contributed by atoms with Crippen LogP contribution >= 0.6 is 0 Å². The second-order valence-electron chi connectivity index (χ2n) is 4.43. The Labute approximate surface area is 116 Å². The van der Waals surface area contributed by atoms with E-state index in [4.69, 9.17) is 4.74 Å². The van der Waals surface area contributed by atoms with Gasteiger partial charge in [-0.25, -0.2) is 9.79 Å². The normalized spacial score (nSPS) is 16.1. The number of pyridine rings is 1. The molecule has 0 amide bonds. The molecule has 0 atom stereocenters. The molecule has 0 N–H and O–H groups in total. The summed E-state index contributed by atoms with van der Waals surface area (Å²) in [5, 5.41) is 0. The molecule has 0 radical (unpaired) electrons. The van der Waals surface area contributed by atoms with Crippen molar-refractivity contribution >= 4 is 17.9 Å². The molecule has 1 aromatic heterocycles. The number of hydrogen-bond donors (Lipinski definition) is 0. The number of esters is 1. The summed E-state index contributed by atoms with van der Waals surface area (Å²) >= 11 is 0. The minimum atomic E-state index is -0.430. The van der Waals surface area contributed by atoms with Gasteiger partial charge in [0.15, 0.2) is 5.70 Å². The average molecular weight is 264 g/mol. The highest BCUT2D eigenvalue weighted by Crippen LogP contribution is 2.20. The number of carbonyl (C=O) groups excluding carboxylic acids is 1. The van der Waals surface area contributed by atoms with Gasteiger partial charge in [-0.05, 0) is 42.3 Å². The van der Waals surface area contributed by atoms with Crippen molar-refractivity contribution in [3.05, 3.63) is 71.2 Å². The van der Waals surface area contributed by atoms with Crippen molar-refractivity contribution in [2.45, 2.75) is 6.92 Å². The number of hydrogen-bond acceptors (Lipinski definition) is 4. The predicted molar refractivity (Wildman–Crippen MR) is 76.0 cm³/mol. The Bertz CT molecular complexity index is 718. The molecule has 1 aromatic carbocycles. The third-order valence-electron chi connectivity index (χ3n) is 3.01. The molecule has 0 saturated heterocycles. The van der Waals surface area contributed by atoms with E-state index in [0.29, 0.717) is 11.6 Å². The molecule has 98 valence electrons. The molecule has 1 aliphatic heterocycles. The molecule has 0 unspecified atom stereocenters. The molecule has 0 spiro atoms. The van der Waals surface area contributed by atoms with Gasteiger partial charge in [0.1, 0.15) is 0 Å². The topological polar surface area (TPSA) is 51.5 Å². The van der Waals surface area contributed by atoms with Crippen LogP contribution in [0.2, 0.25) is 0 Å². The van der Waals surface area contributed by atoms with E-state index in [1.807, 2.05) is 43.3 Å². The number of aryl methyl sites for hydroxylation is 1. The van der Waals surface area contributed by atoms with Crippen LogP contribution in [0.4, 0.5) is 0 Å². The van der Waals surface area contributed by atoms with Crippen molar-refractivity contribution < 1.29 is 9.53 Å². The van der Waals surface area contributed by atoms with Crippen molar-refractivity contribution in [2.75, 3.05) is 0 Å². The van der Waals surface area contributed by atoms with Gasteiger partial charge in [-0.2, -0.15) is 0 Å². The summed E-state index contributed by atoms with van der Waals surface area (Å²) in [4.78, 5) is 20.1. The highest BCUT2D eigenvalue weighted by atomic mass is 16.6. The van der Waals surface area contributed by atoms with Crippen molar-refractivity contribution in [2.24, 2.45) is 4.99 Å². The summed E-state index contributed by atoms with van der Waals surface area (Å²) in [5.41, 5.74) is 3.01. The van der Waals surface area contributed by atoms with Crippen LogP contribution in [-0.2, 0) is 9.53 Å². The fourth-order valence-electron chi connectivity index (χ4n) is 1.95. The molecule has 0 aliphatic carbocycles. The highest BCUT2D eigenvalue weighted by Gasteiger charge is 2.24. The Kier molecular flexibility index (Phi) is 3.13. The van der Waals surface area contributed by atoms with Crippen LogP contribution < -0.4 is 0 Å². The van der Waals surface area contributed by atoms with Gasteiger partial charge in [-0.15, -0.1) is 0 Å². The van der Waals surface area contributed by atoms with Crippen LogP contribution in [0, 0.1) is 6.92 Å². The Morgan fingerprint density at radius 1 is 1.10 bits per heavy atom. The van der Waals surface area contributed by atoms with E-state index < -0.39 is 5.97 Å². The average Bonchev–Trinajstić information content (AvgIpc) is 2.81. The second kappa shape index (κ2) is 5.09. The van der Waals surface area contributed by atoms with E-state index in [1.54, 1.807) is 18.5 Å². The first-order valence-corrected chi connectivity index (χ1v) is 6.22. The number of aromatic nitrogens is 1.